The second kappa shape index (κ2) is 5.85. The average molecular weight is 319 g/mol. The average Bonchev–Trinajstić information content (AvgIpc) is 2.54. The Balaban J connectivity index is 1.89. The lowest BCUT2D eigenvalue weighted by molar-refractivity contribution is 0.307. The maximum atomic E-state index is 12.1. The van der Waals surface area contributed by atoms with Crippen molar-refractivity contribution in [3.05, 3.63) is 36.7 Å². The fourth-order valence-corrected chi connectivity index (χ4v) is 4.43. The van der Waals surface area contributed by atoms with Gasteiger partial charge in [-0.3, -0.25) is 4.98 Å². The van der Waals surface area contributed by atoms with Crippen molar-refractivity contribution in [2.45, 2.75) is 19.9 Å². The molecule has 0 N–H and O–H groups in total. The standard InChI is InChI=1S/C16H21N3O2S/c1-3-22(20,21)19-10-9-18(12-13(19)2)16-6-4-5-14-11-17-8-7-15(14)16/h4-8,11,13H,3,9-10,12H2,1-2H3. The number of piperazine rings is 1. The van der Waals surface area contributed by atoms with Crippen molar-refractivity contribution < 1.29 is 8.42 Å². The lowest BCUT2D eigenvalue weighted by Crippen LogP contribution is -2.54. The normalized spacial score (nSPS) is 20.5. The van der Waals surface area contributed by atoms with E-state index in [2.05, 4.69) is 16.0 Å². The van der Waals surface area contributed by atoms with Gasteiger partial charge in [-0.15, -0.1) is 0 Å². The molecule has 1 aromatic heterocycles. The largest absolute Gasteiger partial charge is 0.368 e. The Labute approximate surface area is 131 Å². The Morgan fingerprint density at radius 2 is 2.09 bits per heavy atom. The molecule has 1 unspecified atom stereocenters. The van der Waals surface area contributed by atoms with Gasteiger partial charge in [-0.25, -0.2) is 8.42 Å². The summed E-state index contributed by atoms with van der Waals surface area (Å²) in [5, 5.41) is 2.27. The third-order valence-electron chi connectivity index (χ3n) is 4.29. The highest BCUT2D eigenvalue weighted by atomic mass is 32.2. The number of rotatable bonds is 3. The van der Waals surface area contributed by atoms with E-state index in [0.717, 1.165) is 16.5 Å². The molecule has 1 aliphatic heterocycles. The number of hydrogen-bond acceptors (Lipinski definition) is 4. The van der Waals surface area contributed by atoms with Crippen LogP contribution in [-0.2, 0) is 10.0 Å². The molecule has 22 heavy (non-hydrogen) atoms. The van der Waals surface area contributed by atoms with Crippen LogP contribution in [0.25, 0.3) is 10.8 Å². The summed E-state index contributed by atoms with van der Waals surface area (Å²) >= 11 is 0. The van der Waals surface area contributed by atoms with Gasteiger partial charge in [0.1, 0.15) is 0 Å². The van der Waals surface area contributed by atoms with E-state index in [9.17, 15) is 8.42 Å². The molecule has 1 fully saturated rings. The van der Waals surface area contributed by atoms with Gasteiger partial charge in [-0.05, 0) is 26.0 Å². The minimum atomic E-state index is -3.12. The van der Waals surface area contributed by atoms with Crippen LogP contribution >= 0.6 is 0 Å². The van der Waals surface area contributed by atoms with Crippen LogP contribution in [0.3, 0.4) is 0 Å². The monoisotopic (exact) mass is 319 g/mol. The number of aromatic nitrogens is 1. The maximum Gasteiger partial charge on any atom is 0.214 e. The SMILES string of the molecule is CCS(=O)(=O)N1CCN(c2cccc3cnccc23)CC1C. The second-order valence-corrected chi connectivity index (χ2v) is 7.89. The minimum absolute atomic E-state index is 0.0178. The minimum Gasteiger partial charge on any atom is -0.368 e. The molecule has 1 atom stereocenters. The molecule has 1 saturated heterocycles. The van der Waals surface area contributed by atoms with Gasteiger partial charge >= 0.3 is 0 Å². The highest BCUT2D eigenvalue weighted by molar-refractivity contribution is 7.89. The van der Waals surface area contributed by atoms with E-state index < -0.39 is 10.0 Å². The van der Waals surface area contributed by atoms with Gasteiger partial charge in [0.25, 0.3) is 0 Å². The molecule has 1 aliphatic rings. The van der Waals surface area contributed by atoms with Gasteiger partial charge in [-0.1, -0.05) is 12.1 Å². The first kappa shape index (κ1) is 15.2. The van der Waals surface area contributed by atoms with Crippen molar-refractivity contribution in [3.63, 3.8) is 0 Å². The molecular weight excluding hydrogens is 298 g/mol. The number of anilines is 1. The molecule has 0 saturated carbocycles. The van der Waals surface area contributed by atoms with E-state index in [1.807, 2.05) is 31.3 Å². The van der Waals surface area contributed by atoms with Crippen LogP contribution < -0.4 is 4.90 Å². The van der Waals surface area contributed by atoms with E-state index in [0.29, 0.717) is 19.6 Å². The Bertz CT molecular complexity index is 771. The summed E-state index contributed by atoms with van der Waals surface area (Å²) in [6.45, 7) is 5.64. The molecule has 0 radical (unpaired) electrons. The summed E-state index contributed by atoms with van der Waals surface area (Å²) in [5.74, 6) is 0.164. The Morgan fingerprint density at radius 1 is 1.27 bits per heavy atom. The van der Waals surface area contributed by atoms with Crippen molar-refractivity contribution in [1.29, 1.82) is 0 Å². The van der Waals surface area contributed by atoms with E-state index in [1.54, 1.807) is 17.4 Å². The molecular formula is C16H21N3O2S. The summed E-state index contributed by atoms with van der Waals surface area (Å²) in [5.41, 5.74) is 1.15. The number of pyridine rings is 1. The maximum absolute atomic E-state index is 12.1. The first-order chi connectivity index (χ1) is 10.5. The van der Waals surface area contributed by atoms with Crippen molar-refractivity contribution in [2.75, 3.05) is 30.3 Å². The lowest BCUT2D eigenvalue weighted by Gasteiger charge is -2.40. The molecule has 3 rings (SSSR count). The lowest BCUT2D eigenvalue weighted by atomic mass is 10.1. The predicted octanol–water partition coefficient (Wildman–Crippen LogP) is 2.10. The smallest absolute Gasteiger partial charge is 0.214 e. The van der Waals surface area contributed by atoms with Gasteiger partial charge in [0.2, 0.25) is 10.0 Å². The quantitative estimate of drug-likeness (QED) is 0.869. The number of hydrogen-bond donors (Lipinski definition) is 0. The second-order valence-electron chi connectivity index (χ2n) is 5.68. The fourth-order valence-electron chi connectivity index (χ4n) is 3.12. The number of fused-ring (bicyclic) bond motifs is 1. The molecule has 0 spiro atoms. The zero-order chi connectivity index (χ0) is 15.7. The molecule has 0 amide bonds. The molecule has 118 valence electrons. The van der Waals surface area contributed by atoms with Crippen molar-refractivity contribution >= 4 is 26.5 Å². The molecule has 5 nitrogen and oxygen atoms in total. The third kappa shape index (κ3) is 2.68. The molecule has 0 aliphatic carbocycles. The number of benzene rings is 1. The van der Waals surface area contributed by atoms with Crippen LogP contribution in [0.2, 0.25) is 0 Å². The van der Waals surface area contributed by atoms with E-state index in [-0.39, 0.29) is 11.8 Å². The summed E-state index contributed by atoms with van der Waals surface area (Å²) in [6, 6.07) is 8.17. The van der Waals surface area contributed by atoms with E-state index in [1.165, 1.54) is 0 Å². The Morgan fingerprint density at radius 3 is 2.82 bits per heavy atom. The van der Waals surface area contributed by atoms with Gasteiger partial charge in [0, 0.05) is 54.5 Å². The first-order valence-corrected chi connectivity index (χ1v) is 9.21. The highest BCUT2D eigenvalue weighted by Gasteiger charge is 2.31. The van der Waals surface area contributed by atoms with Gasteiger partial charge in [0.15, 0.2) is 0 Å². The summed E-state index contributed by atoms with van der Waals surface area (Å²) in [4.78, 5) is 6.44. The number of sulfonamides is 1. The van der Waals surface area contributed by atoms with Crippen molar-refractivity contribution in [2.24, 2.45) is 0 Å². The summed E-state index contributed by atoms with van der Waals surface area (Å²) in [6.07, 6.45) is 3.66. The third-order valence-corrected chi connectivity index (χ3v) is 6.27. The summed E-state index contributed by atoms with van der Waals surface area (Å²) < 4.78 is 25.9. The van der Waals surface area contributed by atoms with Crippen LogP contribution in [0.5, 0.6) is 0 Å². The van der Waals surface area contributed by atoms with Gasteiger partial charge in [-0.2, -0.15) is 4.31 Å². The van der Waals surface area contributed by atoms with Crippen molar-refractivity contribution in [1.82, 2.24) is 9.29 Å². The van der Waals surface area contributed by atoms with Gasteiger partial charge < -0.3 is 4.90 Å². The van der Waals surface area contributed by atoms with Crippen LogP contribution in [0.4, 0.5) is 5.69 Å². The zero-order valence-corrected chi connectivity index (χ0v) is 13.8. The van der Waals surface area contributed by atoms with E-state index >= 15 is 0 Å². The van der Waals surface area contributed by atoms with Gasteiger partial charge in [0.05, 0.1) is 5.75 Å². The van der Waals surface area contributed by atoms with Crippen LogP contribution in [0.15, 0.2) is 36.7 Å². The zero-order valence-electron chi connectivity index (χ0n) is 12.9. The highest BCUT2D eigenvalue weighted by Crippen LogP contribution is 2.28. The Hall–Kier alpha value is -1.66. The molecule has 2 heterocycles. The predicted molar refractivity (Wildman–Crippen MR) is 89.6 cm³/mol. The van der Waals surface area contributed by atoms with Crippen LogP contribution in [0.1, 0.15) is 13.8 Å². The van der Waals surface area contributed by atoms with E-state index in [4.69, 9.17) is 0 Å². The molecule has 1 aromatic carbocycles. The first-order valence-electron chi connectivity index (χ1n) is 7.60. The fraction of sp³-hybridized carbons (Fsp3) is 0.438. The van der Waals surface area contributed by atoms with Crippen molar-refractivity contribution in [3.8, 4) is 0 Å². The number of nitrogens with zero attached hydrogens (tertiary/aromatic N) is 3. The molecule has 2 aromatic rings. The van der Waals surface area contributed by atoms with Crippen LogP contribution in [0, 0.1) is 0 Å². The molecule has 0 bridgehead atoms. The molecule has 6 heteroatoms. The Kier molecular flexibility index (Phi) is 4.06. The summed E-state index contributed by atoms with van der Waals surface area (Å²) in [7, 11) is -3.12. The van der Waals surface area contributed by atoms with Crippen LogP contribution in [-0.4, -0.2) is 49.1 Å². The topological polar surface area (TPSA) is 53.5 Å².